The van der Waals surface area contributed by atoms with Crippen LogP contribution in [0, 0.1) is 16.7 Å². The van der Waals surface area contributed by atoms with Gasteiger partial charge in [-0.1, -0.05) is 0 Å². The van der Waals surface area contributed by atoms with Crippen LogP contribution in [0.25, 0.3) is 0 Å². The predicted molar refractivity (Wildman–Crippen MR) is 37.9 cm³/mol. The van der Waals surface area contributed by atoms with E-state index in [4.69, 9.17) is 5.26 Å². The molecule has 0 radical (unpaired) electrons. The van der Waals surface area contributed by atoms with Crippen molar-refractivity contribution in [2.45, 2.75) is 20.3 Å². The highest BCUT2D eigenvalue weighted by molar-refractivity contribution is 4.91. The average molecular weight is 126 g/mol. The number of hydrogen-bond donors (Lipinski definition) is 1. The molecule has 0 heterocycles. The van der Waals surface area contributed by atoms with Crippen molar-refractivity contribution in [3.05, 3.63) is 0 Å². The lowest BCUT2D eigenvalue weighted by atomic mass is 9.92. The summed E-state index contributed by atoms with van der Waals surface area (Å²) in [5.41, 5.74) is -0.164. The molecular formula is C7H14N2. The van der Waals surface area contributed by atoms with Gasteiger partial charge in [-0.25, -0.2) is 0 Å². The Hall–Kier alpha value is -0.550. The van der Waals surface area contributed by atoms with E-state index >= 15 is 0 Å². The van der Waals surface area contributed by atoms with E-state index < -0.39 is 0 Å². The van der Waals surface area contributed by atoms with Crippen LogP contribution in [-0.4, -0.2) is 13.6 Å². The highest BCUT2D eigenvalue weighted by Crippen LogP contribution is 2.16. The molecule has 0 fully saturated rings. The molecule has 0 aliphatic rings. The van der Waals surface area contributed by atoms with E-state index in [0.717, 1.165) is 13.0 Å². The van der Waals surface area contributed by atoms with Crippen LogP contribution in [0.2, 0.25) is 0 Å². The van der Waals surface area contributed by atoms with Crippen LogP contribution in [0.15, 0.2) is 0 Å². The maximum Gasteiger partial charge on any atom is 0.0684 e. The first-order chi connectivity index (χ1) is 4.12. The topological polar surface area (TPSA) is 35.8 Å². The lowest BCUT2D eigenvalue weighted by Crippen LogP contribution is -2.17. The summed E-state index contributed by atoms with van der Waals surface area (Å²) in [6.45, 7) is 4.81. The van der Waals surface area contributed by atoms with E-state index in [1.807, 2.05) is 20.9 Å². The third-order valence-corrected chi connectivity index (χ3v) is 1.30. The molecule has 0 saturated carbocycles. The smallest absolute Gasteiger partial charge is 0.0684 e. The standard InChI is InChI=1S/C7H14N2/c1-7(2,6-8)4-5-9-3/h9H,4-5H2,1-3H3. The third kappa shape index (κ3) is 3.99. The quantitative estimate of drug-likeness (QED) is 0.615. The van der Waals surface area contributed by atoms with E-state index in [1.54, 1.807) is 0 Å². The van der Waals surface area contributed by atoms with Crippen LogP contribution in [0.4, 0.5) is 0 Å². The van der Waals surface area contributed by atoms with Gasteiger partial charge in [-0.15, -0.1) is 0 Å². The van der Waals surface area contributed by atoms with Crippen molar-refractivity contribution in [3.63, 3.8) is 0 Å². The van der Waals surface area contributed by atoms with Crippen molar-refractivity contribution in [1.29, 1.82) is 5.26 Å². The molecule has 0 aliphatic carbocycles. The molecule has 1 N–H and O–H groups in total. The fourth-order valence-electron chi connectivity index (χ4n) is 0.493. The number of rotatable bonds is 3. The fourth-order valence-corrected chi connectivity index (χ4v) is 0.493. The minimum absolute atomic E-state index is 0.164. The minimum Gasteiger partial charge on any atom is -0.320 e. The van der Waals surface area contributed by atoms with Crippen LogP contribution in [0.1, 0.15) is 20.3 Å². The van der Waals surface area contributed by atoms with Gasteiger partial charge in [0.2, 0.25) is 0 Å². The Bertz CT molecular complexity index is 111. The molecule has 0 aliphatic heterocycles. The molecule has 0 saturated heterocycles. The molecule has 0 amide bonds. The number of nitrogens with one attached hydrogen (secondary N) is 1. The maximum atomic E-state index is 8.54. The maximum absolute atomic E-state index is 8.54. The van der Waals surface area contributed by atoms with Gasteiger partial charge in [0.25, 0.3) is 0 Å². The SMILES string of the molecule is CNCCC(C)(C)C#N. The molecule has 52 valence electrons. The van der Waals surface area contributed by atoms with Gasteiger partial charge in [-0.2, -0.15) is 5.26 Å². The van der Waals surface area contributed by atoms with E-state index in [2.05, 4.69) is 11.4 Å². The van der Waals surface area contributed by atoms with Crippen LogP contribution < -0.4 is 5.32 Å². The first-order valence-electron chi connectivity index (χ1n) is 3.18. The Morgan fingerprint density at radius 1 is 1.56 bits per heavy atom. The third-order valence-electron chi connectivity index (χ3n) is 1.30. The second-order valence-electron chi connectivity index (χ2n) is 2.85. The van der Waals surface area contributed by atoms with Crippen molar-refractivity contribution < 1.29 is 0 Å². The lowest BCUT2D eigenvalue weighted by molar-refractivity contribution is 0.443. The zero-order valence-electron chi connectivity index (χ0n) is 6.36. The largest absolute Gasteiger partial charge is 0.320 e. The Morgan fingerprint density at radius 2 is 2.11 bits per heavy atom. The molecule has 0 aromatic rings. The molecule has 0 atom stereocenters. The molecule has 2 nitrogen and oxygen atoms in total. The summed E-state index contributed by atoms with van der Waals surface area (Å²) in [5.74, 6) is 0. The Labute approximate surface area is 56.9 Å². The first kappa shape index (κ1) is 8.45. The monoisotopic (exact) mass is 126 g/mol. The van der Waals surface area contributed by atoms with Gasteiger partial charge in [0.15, 0.2) is 0 Å². The van der Waals surface area contributed by atoms with Gasteiger partial charge < -0.3 is 5.32 Å². The zero-order valence-corrected chi connectivity index (χ0v) is 6.36. The van der Waals surface area contributed by atoms with Crippen LogP contribution in [0.5, 0.6) is 0 Å². The average Bonchev–Trinajstić information content (AvgIpc) is 1.84. The summed E-state index contributed by atoms with van der Waals surface area (Å²) in [4.78, 5) is 0. The van der Waals surface area contributed by atoms with E-state index in [-0.39, 0.29) is 5.41 Å². The molecule has 0 aromatic carbocycles. The minimum atomic E-state index is -0.164. The number of nitrogens with zero attached hydrogens (tertiary/aromatic N) is 1. The van der Waals surface area contributed by atoms with Crippen LogP contribution >= 0.6 is 0 Å². The highest BCUT2D eigenvalue weighted by Gasteiger charge is 2.14. The normalized spacial score (nSPS) is 10.9. The van der Waals surface area contributed by atoms with E-state index in [1.165, 1.54) is 0 Å². The molecule has 0 spiro atoms. The first-order valence-corrected chi connectivity index (χ1v) is 3.18. The van der Waals surface area contributed by atoms with Gasteiger partial charge in [-0.3, -0.25) is 0 Å². The van der Waals surface area contributed by atoms with Crippen molar-refractivity contribution in [2.75, 3.05) is 13.6 Å². The van der Waals surface area contributed by atoms with Crippen molar-refractivity contribution in [3.8, 4) is 6.07 Å². The second-order valence-corrected chi connectivity index (χ2v) is 2.85. The molecule has 0 aromatic heterocycles. The highest BCUT2D eigenvalue weighted by atomic mass is 14.8. The summed E-state index contributed by atoms with van der Waals surface area (Å²) >= 11 is 0. The van der Waals surface area contributed by atoms with Crippen molar-refractivity contribution >= 4 is 0 Å². The molecular weight excluding hydrogens is 112 g/mol. The van der Waals surface area contributed by atoms with Gasteiger partial charge >= 0.3 is 0 Å². The zero-order chi connectivity index (χ0) is 7.33. The van der Waals surface area contributed by atoms with Crippen molar-refractivity contribution in [1.82, 2.24) is 5.32 Å². The van der Waals surface area contributed by atoms with E-state index in [0.29, 0.717) is 0 Å². The molecule has 0 unspecified atom stereocenters. The molecule has 0 bridgehead atoms. The second kappa shape index (κ2) is 3.47. The fraction of sp³-hybridized carbons (Fsp3) is 0.857. The van der Waals surface area contributed by atoms with Crippen LogP contribution in [-0.2, 0) is 0 Å². The molecule has 2 heteroatoms. The summed E-state index contributed by atoms with van der Waals surface area (Å²) in [6.07, 6.45) is 0.917. The lowest BCUT2D eigenvalue weighted by Gasteiger charge is -2.13. The number of hydrogen-bond acceptors (Lipinski definition) is 2. The summed E-state index contributed by atoms with van der Waals surface area (Å²) in [5, 5.41) is 11.5. The summed E-state index contributed by atoms with van der Waals surface area (Å²) in [6, 6.07) is 2.24. The Kier molecular flexibility index (Phi) is 3.26. The van der Waals surface area contributed by atoms with Crippen LogP contribution in [0.3, 0.4) is 0 Å². The van der Waals surface area contributed by atoms with Gasteiger partial charge in [0, 0.05) is 0 Å². The Balaban J connectivity index is 3.49. The van der Waals surface area contributed by atoms with Crippen molar-refractivity contribution in [2.24, 2.45) is 5.41 Å². The molecule has 0 rings (SSSR count). The Morgan fingerprint density at radius 3 is 2.44 bits per heavy atom. The summed E-state index contributed by atoms with van der Waals surface area (Å²) < 4.78 is 0. The predicted octanol–water partition coefficient (Wildman–Crippen LogP) is 1.15. The number of nitriles is 1. The van der Waals surface area contributed by atoms with Gasteiger partial charge in [0.05, 0.1) is 11.5 Å². The van der Waals surface area contributed by atoms with E-state index in [9.17, 15) is 0 Å². The van der Waals surface area contributed by atoms with Gasteiger partial charge in [0.1, 0.15) is 0 Å². The molecule has 9 heavy (non-hydrogen) atoms. The summed E-state index contributed by atoms with van der Waals surface area (Å²) in [7, 11) is 1.90. The van der Waals surface area contributed by atoms with Gasteiger partial charge in [-0.05, 0) is 33.9 Å².